The minimum atomic E-state index is -0.693. The average molecular weight is 422 g/mol. The molecule has 8 nitrogen and oxygen atoms in total. The normalized spacial score (nSPS) is 12.4. The van der Waals surface area contributed by atoms with E-state index < -0.39 is 12.1 Å². The van der Waals surface area contributed by atoms with Crippen molar-refractivity contribution in [3.63, 3.8) is 0 Å². The van der Waals surface area contributed by atoms with Gasteiger partial charge in [0.1, 0.15) is 0 Å². The summed E-state index contributed by atoms with van der Waals surface area (Å²) < 4.78 is 15.6. The van der Waals surface area contributed by atoms with Crippen molar-refractivity contribution < 1.29 is 23.6 Å². The molecule has 1 heterocycles. The summed E-state index contributed by atoms with van der Waals surface area (Å²) in [6.45, 7) is 8.48. The number of nitrogens with one attached hydrogen (secondary N) is 1. The first-order valence-electron chi connectivity index (χ1n) is 9.25. The number of methoxy groups -OCH3 is 1. The van der Waals surface area contributed by atoms with E-state index in [2.05, 4.69) is 15.5 Å². The number of nitrogens with zero attached hydrogens (tertiary/aromatic N) is 2. The van der Waals surface area contributed by atoms with Gasteiger partial charge in [-0.1, -0.05) is 38.1 Å². The first-order valence-corrected chi connectivity index (χ1v) is 10.2. The zero-order chi connectivity index (χ0) is 21.4. The van der Waals surface area contributed by atoms with Gasteiger partial charge in [0, 0.05) is 24.0 Å². The molecule has 0 spiro atoms. The number of carbonyl (C=O) groups excluding carboxylic acids is 2. The monoisotopic (exact) mass is 421 g/mol. The van der Waals surface area contributed by atoms with Crippen molar-refractivity contribution in [2.45, 2.75) is 44.1 Å². The second kappa shape index (κ2) is 10.4. The van der Waals surface area contributed by atoms with E-state index >= 15 is 0 Å². The quantitative estimate of drug-likeness (QED) is 0.374. The maximum Gasteiger partial charge on any atom is 0.340 e. The topological polar surface area (TPSA) is 104 Å². The molecule has 0 aliphatic carbocycles. The van der Waals surface area contributed by atoms with E-state index in [9.17, 15) is 9.59 Å². The number of benzene rings is 1. The molecule has 1 aromatic carbocycles. The number of hydrogen-bond acceptors (Lipinski definition) is 8. The van der Waals surface area contributed by atoms with Crippen molar-refractivity contribution >= 4 is 23.6 Å². The largest absolute Gasteiger partial charge is 0.449 e. The van der Waals surface area contributed by atoms with Crippen LogP contribution in [0.4, 0.5) is 0 Å². The summed E-state index contributed by atoms with van der Waals surface area (Å²) in [6, 6.07) is 6.99. The van der Waals surface area contributed by atoms with Crippen LogP contribution in [0.15, 0.2) is 33.7 Å². The van der Waals surface area contributed by atoms with Gasteiger partial charge in [-0.3, -0.25) is 4.79 Å². The average Bonchev–Trinajstić information content (AvgIpc) is 3.17. The Balaban J connectivity index is 2.00. The minimum absolute atomic E-state index is 0.135. The fourth-order valence-electron chi connectivity index (χ4n) is 2.23. The van der Waals surface area contributed by atoms with E-state index in [1.807, 2.05) is 20.8 Å². The molecule has 9 heteroatoms. The van der Waals surface area contributed by atoms with Gasteiger partial charge in [-0.05, 0) is 19.1 Å². The molecule has 1 aromatic heterocycles. The van der Waals surface area contributed by atoms with Gasteiger partial charge in [-0.2, -0.15) is 4.98 Å². The van der Waals surface area contributed by atoms with E-state index in [4.69, 9.17) is 14.0 Å². The van der Waals surface area contributed by atoms with Crippen LogP contribution in [0.25, 0.3) is 0 Å². The Kier molecular flexibility index (Phi) is 8.21. The van der Waals surface area contributed by atoms with Gasteiger partial charge >= 0.3 is 5.97 Å². The molecule has 2 rings (SSSR count). The standard InChI is InChI=1S/C20H27N3O5S/c1-13(17-22-19(23-28-17)20(2,3)4)27-18(25)14-8-6-7-9-15(14)29-12-16(24)21-10-11-26-5/h6-9,13H,10-12H2,1-5H3,(H,21,24). The van der Waals surface area contributed by atoms with Crippen LogP contribution in [0.2, 0.25) is 0 Å². The summed E-state index contributed by atoms with van der Waals surface area (Å²) in [4.78, 5) is 29.5. The highest BCUT2D eigenvalue weighted by atomic mass is 32.2. The van der Waals surface area contributed by atoms with Crippen LogP contribution in [-0.2, 0) is 19.7 Å². The zero-order valence-electron chi connectivity index (χ0n) is 17.4. The van der Waals surface area contributed by atoms with Gasteiger partial charge in [-0.15, -0.1) is 11.8 Å². The van der Waals surface area contributed by atoms with E-state index in [1.54, 1.807) is 38.3 Å². The summed E-state index contributed by atoms with van der Waals surface area (Å²) in [7, 11) is 1.57. The van der Waals surface area contributed by atoms with Crippen LogP contribution in [0.1, 0.15) is 55.9 Å². The third-order valence-electron chi connectivity index (χ3n) is 3.84. The molecule has 158 valence electrons. The molecule has 1 atom stereocenters. The molecular weight excluding hydrogens is 394 g/mol. The number of amides is 1. The van der Waals surface area contributed by atoms with Crippen LogP contribution in [-0.4, -0.2) is 48.0 Å². The van der Waals surface area contributed by atoms with E-state index in [0.717, 1.165) is 0 Å². The number of rotatable bonds is 9. The van der Waals surface area contributed by atoms with Gasteiger partial charge in [0.05, 0.1) is 17.9 Å². The third-order valence-corrected chi connectivity index (χ3v) is 4.91. The Morgan fingerprint density at radius 3 is 2.66 bits per heavy atom. The van der Waals surface area contributed by atoms with E-state index in [-0.39, 0.29) is 23.0 Å². The number of ether oxygens (including phenoxy) is 2. The smallest absolute Gasteiger partial charge is 0.340 e. The SMILES string of the molecule is COCCNC(=O)CSc1ccccc1C(=O)OC(C)c1nc(C(C)(C)C)no1. The summed E-state index contributed by atoms with van der Waals surface area (Å²) in [5.74, 6) is 0.319. The first-order chi connectivity index (χ1) is 13.7. The predicted molar refractivity (Wildman–Crippen MR) is 109 cm³/mol. The molecule has 29 heavy (non-hydrogen) atoms. The fourth-order valence-corrected chi connectivity index (χ4v) is 3.10. The van der Waals surface area contributed by atoms with Crippen molar-refractivity contribution in [3.8, 4) is 0 Å². The zero-order valence-corrected chi connectivity index (χ0v) is 18.2. The summed E-state index contributed by atoms with van der Waals surface area (Å²) in [5, 5.41) is 6.69. The molecule has 0 fully saturated rings. The summed E-state index contributed by atoms with van der Waals surface area (Å²) >= 11 is 1.27. The lowest BCUT2D eigenvalue weighted by Gasteiger charge is -2.13. The molecule has 1 amide bonds. The number of carbonyl (C=O) groups is 2. The van der Waals surface area contributed by atoms with E-state index in [0.29, 0.717) is 29.4 Å². The number of thioether (sulfide) groups is 1. The van der Waals surface area contributed by atoms with Gasteiger partial charge in [0.2, 0.25) is 5.91 Å². The van der Waals surface area contributed by atoms with Gasteiger partial charge in [0.25, 0.3) is 5.89 Å². The third kappa shape index (κ3) is 6.86. The van der Waals surface area contributed by atoms with Gasteiger partial charge < -0.3 is 19.3 Å². The van der Waals surface area contributed by atoms with Crippen LogP contribution < -0.4 is 5.32 Å². The second-order valence-electron chi connectivity index (χ2n) is 7.38. The molecule has 0 aliphatic rings. The highest BCUT2D eigenvalue weighted by molar-refractivity contribution is 8.00. The van der Waals surface area contributed by atoms with Crippen LogP contribution >= 0.6 is 11.8 Å². The van der Waals surface area contributed by atoms with Crippen molar-refractivity contribution in [2.24, 2.45) is 0 Å². The Morgan fingerprint density at radius 2 is 2.00 bits per heavy atom. The summed E-state index contributed by atoms with van der Waals surface area (Å²) in [6.07, 6.45) is -0.693. The Morgan fingerprint density at radius 1 is 1.28 bits per heavy atom. The van der Waals surface area contributed by atoms with Crippen LogP contribution in [0, 0.1) is 0 Å². The molecular formula is C20H27N3O5S. The van der Waals surface area contributed by atoms with E-state index in [1.165, 1.54) is 11.8 Å². The maximum absolute atomic E-state index is 12.7. The van der Waals surface area contributed by atoms with Crippen LogP contribution in [0.5, 0.6) is 0 Å². The number of hydrogen-bond donors (Lipinski definition) is 1. The molecule has 0 aliphatic heterocycles. The maximum atomic E-state index is 12.7. The lowest BCUT2D eigenvalue weighted by Crippen LogP contribution is -2.28. The Hall–Kier alpha value is -2.39. The Bertz CT molecular complexity index is 832. The van der Waals surface area contributed by atoms with Crippen molar-refractivity contribution in [1.82, 2.24) is 15.5 Å². The number of aromatic nitrogens is 2. The van der Waals surface area contributed by atoms with Gasteiger partial charge in [-0.25, -0.2) is 4.79 Å². The van der Waals surface area contributed by atoms with Gasteiger partial charge in [0.15, 0.2) is 11.9 Å². The highest BCUT2D eigenvalue weighted by Gasteiger charge is 2.25. The molecule has 0 radical (unpaired) electrons. The van der Waals surface area contributed by atoms with Crippen LogP contribution in [0.3, 0.4) is 0 Å². The van der Waals surface area contributed by atoms with Crippen molar-refractivity contribution in [3.05, 3.63) is 41.5 Å². The highest BCUT2D eigenvalue weighted by Crippen LogP contribution is 2.26. The molecule has 1 unspecified atom stereocenters. The fraction of sp³-hybridized carbons (Fsp3) is 0.500. The summed E-state index contributed by atoms with van der Waals surface area (Å²) in [5.41, 5.74) is 0.114. The molecule has 1 N–H and O–H groups in total. The second-order valence-corrected chi connectivity index (χ2v) is 8.40. The molecule has 2 aromatic rings. The predicted octanol–water partition coefficient (Wildman–Crippen LogP) is 3.14. The van der Waals surface area contributed by atoms with Crippen molar-refractivity contribution in [1.29, 1.82) is 0 Å². The van der Waals surface area contributed by atoms with Crippen molar-refractivity contribution in [2.75, 3.05) is 26.0 Å². The minimum Gasteiger partial charge on any atom is -0.449 e. The molecule has 0 bridgehead atoms. The lowest BCUT2D eigenvalue weighted by atomic mass is 9.96. The lowest BCUT2D eigenvalue weighted by molar-refractivity contribution is -0.118. The molecule has 0 saturated carbocycles. The number of esters is 1. The Labute approximate surface area is 174 Å². The molecule has 0 saturated heterocycles. The first kappa shape index (κ1) is 22.9.